The Morgan fingerprint density at radius 3 is 2.56 bits per heavy atom. The highest BCUT2D eigenvalue weighted by Gasteiger charge is 2.21. The van der Waals surface area contributed by atoms with Gasteiger partial charge in [-0.1, -0.05) is 42.4 Å². The van der Waals surface area contributed by atoms with E-state index in [9.17, 15) is 4.79 Å². The Balaban J connectivity index is 1.56. The average molecular weight is 384 g/mol. The van der Waals surface area contributed by atoms with Gasteiger partial charge in [0.25, 0.3) is 0 Å². The lowest BCUT2D eigenvalue weighted by atomic mass is 10.2. The molecule has 142 valence electrons. The number of likely N-dealkylation sites (tertiary alicyclic amines) is 1. The molecule has 0 bridgehead atoms. The van der Waals surface area contributed by atoms with Crippen molar-refractivity contribution >= 4 is 32.7 Å². The molecule has 1 aliphatic heterocycles. The topological polar surface area (TPSA) is 54.3 Å². The molecule has 0 atom stereocenters. The number of benzene rings is 1. The molecular formula is C20H25N5OS. The number of aryl methyl sites for hydroxylation is 1. The van der Waals surface area contributed by atoms with Crippen LogP contribution in [0.3, 0.4) is 0 Å². The number of nitrogens with zero attached hydrogens (tertiary/aromatic N) is 5. The molecule has 0 radical (unpaired) electrons. The maximum absolute atomic E-state index is 12.7. The Bertz CT molecular complexity index is 925. The number of aromatic nitrogens is 3. The van der Waals surface area contributed by atoms with E-state index in [4.69, 9.17) is 4.98 Å². The van der Waals surface area contributed by atoms with Gasteiger partial charge in [-0.25, -0.2) is 4.68 Å². The standard InChI is InChI=1S/C20H25N5OS/c1-15-18-19(25(22-15)16-10-6-5-7-11-16)21-20(27-18)23(2)14-17(26)24-12-8-3-4-9-13-24/h5-7,10-11H,3-4,8-9,12-14H2,1-2H3. The van der Waals surface area contributed by atoms with E-state index in [0.29, 0.717) is 6.54 Å². The molecule has 0 N–H and O–H groups in total. The van der Waals surface area contributed by atoms with Crippen LogP contribution in [0, 0.1) is 6.92 Å². The summed E-state index contributed by atoms with van der Waals surface area (Å²) in [7, 11) is 1.95. The SMILES string of the molecule is Cc1nn(-c2ccccc2)c2nc(N(C)CC(=O)N3CCCCCC3)sc12. The zero-order valence-corrected chi connectivity index (χ0v) is 16.7. The van der Waals surface area contributed by atoms with Gasteiger partial charge in [-0.3, -0.25) is 4.79 Å². The second-order valence-corrected chi connectivity index (χ2v) is 8.11. The fourth-order valence-corrected chi connectivity index (χ4v) is 4.47. The van der Waals surface area contributed by atoms with Gasteiger partial charge in [0.05, 0.1) is 22.6 Å². The van der Waals surface area contributed by atoms with Crippen molar-refractivity contribution in [2.24, 2.45) is 0 Å². The molecule has 0 saturated carbocycles. The molecule has 3 aromatic rings. The maximum Gasteiger partial charge on any atom is 0.242 e. The van der Waals surface area contributed by atoms with Gasteiger partial charge in [0, 0.05) is 20.1 Å². The molecule has 1 aliphatic rings. The van der Waals surface area contributed by atoms with E-state index in [1.165, 1.54) is 12.8 Å². The smallest absolute Gasteiger partial charge is 0.242 e. The molecule has 6 nitrogen and oxygen atoms in total. The average Bonchev–Trinajstić information content (AvgIpc) is 3.11. The van der Waals surface area contributed by atoms with Gasteiger partial charge in [-0.15, -0.1) is 0 Å². The zero-order chi connectivity index (χ0) is 18.8. The molecule has 0 aliphatic carbocycles. The van der Waals surface area contributed by atoms with Gasteiger partial charge in [0.2, 0.25) is 5.91 Å². The molecule has 7 heteroatoms. The minimum Gasteiger partial charge on any atom is -0.342 e. The molecule has 1 fully saturated rings. The van der Waals surface area contributed by atoms with E-state index in [1.54, 1.807) is 11.3 Å². The van der Waals surface area contributed by atoms with Crippen LogP contribution in [0.25, 0.3) is 16.0 Å². The van der Waals surface area contributed by atoms with Gasteiger partial charge < -0.3 is 9.80 Å². The summed E-state index contributed by atoms with van der Waals surface area (Å²) in [6.45, 7) is 4.14. The highest BCUT2D eigenvalue weighted by Crippen LogP contribution is 2.32. The Labute approximate surface area is 163 Å². The van der Waals surface area contributed by atoms with Crippen LogP contribution >= 0.6 is 11.3 Å². The highest BCUT2D eigenvalue weighted by atomic mass is 32.1. The van der Waals surface area contributed by atoms with Gasteiger partial charge in [-0.05, 0) is 31.9 Å². The van der Waals surface area contributed by atoms with E-state index in [0.717, 1.165) is 52.8 Å². The van der Waals surface area contributed by atoms with Crippen LogP contribution in [-0.2, 0) is 4.79 Å². The predicted octanol–water partition coefficient (Wildman–Crippen LogP) is 3.63. The van der Waals surface area contributed by atoms with Crippen molar-refractivity contribution in [1.82, 2.24) is 19.7 Å². The third-order valence-corrected chi connectivity index (χ3v) is 6.30. The first kappa shape index (κ1) is 18.0. The monoisotopic (exact) mass is 383 g/mol. The van der Waals surface area contributed by atoms with Crippen molar-refractivity contribution in [2.75, 3.05) is 31.6 Å². The Kier molecular flexibility index (Phi) is 5.11. The minimum absolute atomic E-state index is 0.195. The quantitative estimate of drug-likeness (QED) is 0.690. The van der Waals surface area contributed by atoms with Crippen LogP contribution in [0.1, 0.15) is 31.4 Å². The first-order valence-corrected chi connectivity index (χ1v) is 10.4. The van der Waals surface area contributed by atoms with Crippen molar-refractivity contribution in [3.63, 3.8) is 0 Å². The van der Waals surface area contributed by atoms with Crippen LogP contribution in [0.4, 0.5) is 5.13 Å². The number of hydrogen-bond donors (Lipinski definition) is 0. The number of anilines is 1. The molecule has 0 unspecified atom stereocenters. The molecule has 4 rings (SSSR count). The summed E-state index contributed by atoms with van der Waals surface area (Å²) in [5.41, 5.74) is 2.81. The maximum atomic E-state index is 12.7. The Morgan fingerprint density at radius 2 is 1.85 bits per heavy atom. The van der Waals surface area contributed by atoms with E-state index in [-0.39, 0.29) is 5.91 Å². The summed E-state index contributed by atoms with van der Waals surface area (Å²) < 4.78 is 2.96. The number of thiazole rings is 1. The van der Waals surface area contributed by atoms with E-state index < -0.39 is 0 Å². The van der Waals surface area contributed by atoms with E-state index in [1.807, 2.05) is 58.8 Å². The zero-order valence-electron chi connectivity index (χ0n) is 15.9. The van der Waals surface area contributed by atoms with E-state index in [2.05, 4.69) is 5.10 Å². The van der Waals surface area contributed by atoms with Gasteiger partial charge >= 0.3 is 0 Å². The number of likely N-dealkylation sites (N-methyl/N-ethyl adjacent to an activating group) is 1. The summed E-state index contributed by atoms with van der Waals surface area (Å²) in [5, 5.41) is 5.50. The van der Waals surface area contributed by atoms with Crippen molar-refractivity contribution in [3.05, 3.63) is 36.0 Å². The molecule has 1 aromatic carbocycles. The van der Waals surface area contributed by atoms with E-state index >= 15 is 0 Å². The summed E-state index contributed by atoms with van der Waals surface area (Å²) >= 11 is 1.60. The van der Waals surface area contributed by atoms with Crippen molar-refractivity contribution in [3.8, 4) is 5.69 Å². The van der Waals surface area contributed by atoms with Gasteiger partial charge in [-0.2, -0.15) is 10.1 Å². The normalized spacial score (nSPS) is 15.1. The first-order valence-electron chi connectivity index (χ1n) is 9.54. The molecule has 1 saturated heterocycles. The first-order chi connectivity index (χ1) is 13.1. The predicted molar refractivity (Wildman–Crippen MR) is 110 cm³/mol. The second-order valence-electron chi connectivity index (χ2n) is 7.13. The Hall–Kier alpha value is -2.41. The molecule has 2 aromatic heterocycles. The van der Waals surface area contributed by atoms with Crippen LogP contribution in [0.2, 0.25) is 0 Å². The third-order valence-electron chi connectivity index (χ3n) is 5.04. The van der Waals surface area contributed by atoms with Crippen LogP contribution in [0.5, 0.6) is 0 Å². The Morgan fingerprint density at radius 1 is 1.15 bits per heavy atom. The number of amides is 1. The lowest BCUT2D eigenvalue weighted by molar-refractivity contribution is -0.129. The number of rotatable bonds is 4. The molecule has 27 heavy (non-hydrogen) atoms. The second kappa shape index (κ2) is 7.68. The van der Waals surface area contributed by atoms with Crippen molar-refractivity contribution < 1.29 is 4.79 Å². The summed E-state index contributed by atoms with van der Waals surface area (Å²) in [5.74, 6) is 0.195. The van der Waals surface area contributed by atoms with Crippen molar-refractivity contribution in [2.45, 2.75) is 32.6 Å². The molecule has 3 heterocycles. The molecule has 1 amide bonds. The van der Waals surface area contributed by atoms with Crippen LogP contribution in [0.15, 0.2) is 30.3 Å². The fraction of sp³-hybridized carbons (Fsp3) is 0.450. The number of carbonyl (C=O) groups excluding carboxylic acids is 1. The largest absolute Gasteiger partial charge is 0.342 e. The third kappa shape index (κ3) is 3.69. The number of hydrogen-bond acceptors (Lipinski definition) is 5. The lowest BCUT2D eigenvalue weighted by Crippen LogP contribution is -2.39. The van der Waals surface area contributed by atoms with Crippen LogP contribution < -0.4 is 4.90 Å². The summed E-state index contributed by atoms with van der Waals surface area (Å²) in [6, 6.07) is 10.0. The molecule has 0 spiro atoms. The lowest BCUT2D eigenvalue weighted by Gasteiger charge is -2.23. The molecular weight excluding hydrogens is 358 g/mol. The summed E-state index contributed by atoms with van der Waals surface area (Å²) in [6.07, 6.45) is 4.69. The van der Waals surface area contributed by atoms with Crippen molar-refractivity contribution in [1.29, 1.82) is 0 Å². The van der Waals surface area contributed by atoms with Gasteiger partial charge in [0.15, 0.2) is 10.8 Å². The minimum atomic E-state index is 0.195. The number of para-hydroxylation sites is 1. The number of fused-ring (bicyclic) bond motifs is 1. The van der Waals surface area contributed by atoms with Crippen LogP contribution in [-0.4, -0.2) is 52.3 Å². The summed E-state index contributed by atoms with van der Waals surface area (Å²) in [4.78, 5) is 21.5. The highest BCUT2D eigenvalue weighted by molar-refractivity contribution is 7.22. The fourth-order valence-electron chi connectivity index (χ4n) is 3.53. The number of carbonyl (C=O) groups is 1. The van der Waals surface area contributed by atoms with Gasteiger partial charge in [0.1, 0.15) is 0 Å².